The fourth-order valence-corrected chi connectivity index (χ4v) is 1.81. The highest BCUT2D eigenvalue weighted by Gasteiger charge is 2.30. The summed E-state index contributed by atoms with van der Waals surface area (Å²) in [5.74, 6) is -0.243. The van der Waals surface area contributed by atoms with Crippen LogP contribution in [0.4, 0.5) is 0 Å². The molecule has 1 unspecified atom stereocenters. The van der Waals surface area contributed by atoms with Crippen LogP contribution < -0.4 is 0 Å². The van der Waals surface area contributed by atoms with E-state index in [1.165, 1.54) is 0 Å². The zero-order valence-corrected chi connectivity index (χ0v) is 7.90. The summed E-state index contributed by atoms with van der Waals surface area (Å²) in [5.41, 5.74) is 1.45. The van der Waals surface area contributed by atoms with Gasteiger partial charge in [-0.2, -0.15) is 0 Å². The molecule has 1 atom stereocenters. The van der Waals surface area contributed by atoms with Gasteiger partial charge in [0, 0.05) is 12.1 Å². The van der Waals surface area contributed by atoms with Crippen molar-refractivity contribution in [2.45, 2.75) is 19.4 Å². The van der Waals surface area contributed by atoms with Crippen molar-refractivity contribution < 1.29 is 14.3 Å². The number of ether oxygens (including phenoxy) is 1. The first-order valence-corrected chi connectivity index (χ1v) is 4.53. The van der Waals surface area contributed by atoms with Crippen LogP contribution in [-0.4, -0.2) is 23.4 Å². The fraction of sp³-hybridized carbons (Fsp3) is 0.400. The molecular weight excluding hydrogens is 182 g/mol. The summed E-state index contributed by atoms with van der Waals surface area (Å²) < 4.78 is 6.61. The number of rotatable bonds is 2. The van der Waals surface area contributed by atoms with Crippen LogP contribution in [0.1, 0.15) is 28.6 Å². The average Bonchev–Trinajstić information content (AvgIpc) is 2.72. The molecule has 1 aromatic heterocycles. The second-order valence-electron chi connectivity index (χ2n) is 3.36. The first kappa shape index (κ1) is 8.99. The van der Waals surface area contributed by atoms with Crippen molar-refractivity contribution >= 4 is 12.3 Å². The molecule has 14 heavy (non-hydrogen) atoms. The number of esters is 1. The molecule has 4 heteroatoms. The molecule has 4 nitrogen and oxygen atoms in total. The first-order chi connectivity index (χ1) is 6.74. The van der Waals surface area contributed by atoms with Gasteiger partial charge in [0.25, 0.3) is 0 Å². The highest BCUT2D eigenvalue weighted by molar-refractivity contribution is 5.79. The van der Waals surface area contributed by atoms with E-state index < -0.39 is 0 Å². The summed E-state index contributed by atoms with van der Waals surface area (Å²) in [7, 11) is 0. The molecule has 2 heterocycles. The number of carbonyl (C=O) groups is 2. The number of aldehydes is 1. The summed E-state index contributed by atoms with van der Waals surface area (Å²) in [4.78, 5) is 22.1. The second kappa shape index (κ2) is 3.29. The zero-order chi connectivity index (χ0) is 10.1. The van der Waals surface area contributed by atoms with Crippen LogP contribution in [0.5, 0.6) is 0 Å². The average molecular weight is 193 g/mol. The van der Waals surface area contributed by atoms with Gasteiger partial charge in [-0.05, 0) is 19.1 Å². The lowest BCUT2D eigenvalue weighted by Crippen LogP contribution is -2.17. The van der Waals surface area contributed by atoms with Crippen LogP contribution in [0.25, 0.3) is 0 Å². The van der Waals surface area contributed by atoms with E-state index in [1.54, 1.807) is 10.6 Å². The Balaban J connectivity index is 2.43. The van der Waals surface area contributed by atoms with Gasteiger partial charge in [0.1, 0.15) is 6.04 Å². The van der Waals surface area contributed by atoms with Crippen LogP contribution in [0.15, 0.2) is 12.1 Å². The van der Waals surface area contributed by atoms with Crippen molar-refractivity contribution in [1.82, 2.24) is 4.57 Å². The largest absolute Gasteiger partial charge is 0.464 e. The van der Waals surface area contributed by atoms with E-state index in [0.717, 1.165) is 12.0 Å². The van der Waals surface area contributed by atoms with Gasteiger partial charge in [0.05, 0.1) is 12.3 Å². The normalized spacial score (nSPS) is 20.9. The Hall–Kier alpha value is -1.58. The van der Waals surface area contributed by atoms with E-state index in [0.29, 0.717) is 18.7 Å². The smallest absolute Gasteiger partial charge is 0.329 e. The van der Waals surface area contributed by atoms with Gasteiger partial charge in [0.15, 0.2) is 6.29 Å². The second-order valence-corrected chi connectivity index (χ2v) is 3.36. The quantitative estimate of drug-likeness (QED) is 0.522. The minimum absolute atomic E-state index is 0.243. The van der Waals surface area contributed by atoms with E-state index in [4.69, 9.17) is 4.74 Å². The van der Waals surface area contributed by atoms with Crippen molar-refractivity contribution in [2.75, 3.05) is 6.61 Å². The lowest BCUT2D eigenvalue weighted by Gasteiger charge is -2.12. The Morgan fingerprint density at radius 1 is 1.57 bits per heavy atom. The molecule has 1 aromatic rings. The molecule has 1 aliphatic rings. The molecule has 0 amide bonds. The number of aromatic nitrogens is 1. The standard InChI is InChI=1S/C10H11NO3/c1-7-2-3-8(6-12)11(7)9-4-5-14-10(9)13/h2-3,6,9H,4-5H2,1H3. The molecule has 0 N–H and O–H groups in total. The third-order valence-corrected chi connectivity index (χ3v) is 2.49. The van der Waals surface area contributed by atoms with Gasteiger partial charge in [-0.3, -0.25) is 4.79 Å². The molecule has 1 saturated heterocycles. The van der Waals surface area contributed by atoms with E-state index in [9.17, 15) is 9.59 Å². The summed E-state index contributed by atoms with van der Waals surface area (Å²) in [6.07, 6.45) is 1.41. The Labute approximate surface area is 81.5 Å². The SMILES string of the molecule is Cc1ccc(C=O)n1C1CCOC1=O. The monoisotopic (exact) mass is 193 g/mol. The topological polar surface area (TPSA) is 48.3 Å². The Morgan fingerprint density at radius 3 is 2.93 bits per heavy atom. The minimum atomic E-state index is -0.315. The maximum Gasteiger partial charge on any atom is 0.329 e. The van der Waals surface area contributed by atoms with Gasteiger partial charge in [-0.25, -0.2) is 4.79 Å². The van der Waals surface area contributed by atoms with Gasteiger partial charge in [-0.15, -0.1) is 0 Å². The number of nitrogens with zero attached hydrogens (tertiary/aromatic N) is 1. The summed E-state index contributed by atoms with van der Waals surface area (Å²) >= 11 is 0. The Bertz CT molecular complexity index is 381. The van der Waals surface area contributed by atoms with Crippen LogP contribution in [0, 0.1) is 6.92 Å². The molecule has 0 aliphatic carbocycles. The summed E-state index contributed by atoms with van der Waals surface area (Å²) in [6, 6.07) is 3.23. The number of hydrogen-bond donors (Lipinski definition) is 0. The van der Waals surface area contributed by atoms with Gasteiger partial charge < -0.3 is 9.30 Å². The zero-order valence-electron chi connectivity index (χ0n) is 7.90. The van der Waals surface area contributed by atoms with Crippen LogP contribution in [0.3, 0.4) is 0 Å². The highest BCUT2D eigenvalue weighted by atomic mass is 16.5. The first-order valence-electron chi connectivity index (χ1n) is 4.53. The maximum absolute atomic E-state index is 11.3. The van der Waals surface area contributed by atoms with E-state index >= 15 is 0 Å². The van der Waals surface area contributed by atoms with Crippen molar-refractivity contribution in [3.8, 4) is 0 Å². The van der Waals surface area contributed by atoms with Crippen molar-refractivity contribution in [3.63, 3.8) is 0 Å². The lowest BCUT2D eigenvalue weighted by molar-refractivity contribution is -0.140. The Kier molecular flexibility index (Phi) is 2.11. The predicted octanol–water partition coefficient (Wildman–Crippen LogP) is 1.10. The van der Waals surface area contributed by atoms with Gasteiger partial charge in [-0.1, -0.05) is 0 Å². The van der Waals surface area contributed by atoms with Crippen LogP contribution >= 0.6 is 0 Å². The molecule has 1 fully saturated rings. The molecular formula is C10H11NO3. The third-order valence-electron chi connectivity index (χ3n) is 2.49. The fourth-order valence-electron chi connectivity index (χ4n) is 1.81. The Morgan fingerprint density at radius 2 is 2.36 bits per heavy atom. The van der Waals surface area contributed by atoms with Crippen LogP contribution in [0.2, 0.25) is 0 Å². The number of hydrogen-bond acceptors (Lipinski definition) is 3. The number of carbonyl (C=O) groups excluding carboxylic acids is 2. The van der Waals surface area contributed by atoms with E-state index in [-0.39, 0.29) is 12.0 Å². The molecule has 0 bridgehead atoms. The lowest BCUT2D eigenvalue weighted by atomic mass is 10.2. The van der Waals surface area contributed by atoms with Crippen molar-refractivity contribution in [1.29, 1.82) is 0 Å². The molecule has 0 aromatic carbocycles. The van der Waals surface area contributed by atoms with Gasteiger partial charge >= 0.3 is 5.97 Å². The minimum Gasteiger partial charge on any atom is -0.464 e. The van der Waals surface area contributed by atoms with Gasteiger partial charge in [0.2, 0.25) is 0 Å². The van der Waals surface area contributed by atoms with Crippen molar-refractivity contribution in [3.05, 3.63) is 23.5 Å². The molecule has 2 rings (SSSR count). The molecule has 74 valence electrons. The number of aryl methyl sites for hydroxylation is 1. The van der Waals surface area contributed by atoms with Crippen LogP contribution in [-0.2, 0) is 9.53 Å². The molecule has 1 aliphatic heterocycles. The summed E-state index contributed by atoms with van der Waals surface area (Å²) in [6.45, 7) is 2.32. The number of cyclic esters (lactones) is 1. The summed E-state index contributed by atoms with van der Waals surface area (Å²) in [5, 5.41) is 0. The third kappa shape index (κ3) is 1.23. The molecule has 0 radical (unpaired) electrons. The van der Waals surface area contributed by atoms with Crippen molar-refractivity contribution in [2.24, 2.45) is 0 Å². The van der Waals surface area contributed by atoms with E-state index in [2.05, 4.69) is 0 Å². The maximum atomic E-state index is 11.3. The molecule has 0 spiro atoms. The predicted molar refractivity (Wildman–Crippen MR) is 49.2 cm³/mol. The van der Waals surface area contributed by atoms with E-state index in [1.807, 2.05) is 13.0 Å². The highest BCUT2D eigenvalue weighted by Crippen LogP contribution is 2.24. The molecule has 0 saturated carbocycles.